The molecule has 0 aromatic carbocycles. The number of ether oxygens (including phenoxy) is 3. The van der Waals surface area contributed by atoms with Crippen LogP contribution in [0.2, 0.25) is 0 Å². The number of aliphatic hydroxyl groups is 6. The summed E-state index contributed by atoms with van der Waals surface area (Å²) in [6.07, 6.45) is -1.78. The lowest BCUT2D eigenvalue weighted by molar-refractivity contribution is -0.324. The van der Waals surface area contributed by atoms with E-state index in [1.165, 1.54) is 0 Å². The molecule has 14 unspecified atom stereocenters. The zero-order valence-electron chi connectivity index (χ0n) is 22.8. The molecule has 6 N–H and O–H groups in total. The quantitative estimate of drug-likeness (QED) is 0.144. The molecule has 2 heterocycles. The van der Waals surface area contributed by atoms with Gasteiger partial charge in [0.2, 0.25) is 0 Å². The number of rotatable bonds is 5. The average Bonchev–Trinajstić information content (AvgIpc) is 3.48. The van der Waals surface area contributed by atoms with Crippen molar-refractivity contribution in [1.82, 2.24) is 0 Å². The second-order valence-corrected chi connectivity index (χ2v) is 13.4. The van der Waals surface area contributed by atoms with Crippen molar-refractivity contribution in [2.45, 2.75) is 107 Å². The predicted octanol–water partition coefficient (Wildman–Crippen LogP) is -0.422. The number of esters is 1. The minimum Gasteiger partial charge on any atom is -0.458 e. The zero-order valence-corrected chi connectivity index (χ0v) is 22.8. The van der Waals surface area contributed by atoms with E-state index in [0.29, 0.717) is 25.7 Å². The Labute approximate surface area is 233 Å². The number of aldehydes is 1. The molecule has 0 amide bonds. The molecule has 40 heavy (non-hydrogen) atoms. The standard InChI is InChI=1S/C29H42O11/c1-27-6-4-17-18(29(27,37)7-5-16(27)14-8-22(33)38-12-14)3-2-15-9-20(19(32)10-28(15,17)13-31)39-26-25(36)24(35)23(34)21(11-30)40-26/h8,13,15-21,23-26,30,32,34-37H,2-7,9-12H2,1H3. The van der Waals surface area contributed by atoms with E-state index < -0.39 is 66.0 Å². The smallest absolute Gasteiger partial charge is 0.331 e. The van der Waals surface area contributed by atoms with Crippen LogP contribution in [0.1, 0.15) is 58.3 Å². The van der Waals surface area contributed by atoms with Crippen LogP contribution in [-0.2, 0) is 23.8 Å². The first-order valence-corrected chi connectivity index (χ1v) is 14.7. The Morgan fingerprint density at radius 2 is 1.82 bits per heavy atom. The number of carbonyl (C=O) groups is 2. The summed E-state index contributed by atoms with van der Waals surface area (Å²) in [5.41, 5.74) is -1.32. The molecule has 14 atom stereocenters. The lowest BCUT2D eigenvalue weighted by Gasteiger charge is -2.63. The van der Waals surface area contributed by atoms with E-state index in [4.69, 9.17) is 14.2 Å². The Balaban J connectivity index is 1.21. The Kier molecular flexibility index (Phi) is 7.23. The van der Waals surface area contributed by atoms with E-state index in [2.05, 4.69) is 6.92 Å². The Hall–Kier alpha value is -1.44. The fourth-order valence-electron chi connectivity index (χ4n) is 9.80. The maximum atomic E-state index is 13.0. The monoisotopic (exact) mass is 566 g/mol. The molecule has 2 aliphatic heterocycles. The fourth-order valence-corrected chi connectivity index (χ4v) is 9.80. The first kappa shape index (κ1) is 28.7. The molecule has 6 aliphatic rings. The maximum absolute atomic E-state index is 13.0. The zero-order chi connectivity index (χ0) is 28.6. The second-order valence-electron chi connectivity index (χ2n) is 13.4. The summed E-state index contributed by atoms with van der Waals surface area (Å²) in [6.45, 7) is 1.80. The summed E-state index contributed by atoms with van der Waals surface area (Å²) in [7, 11) is 0. The third-order valence-corrected chi connectivity index (χ3v) is 11.9. The number of cyclic esters (lactones) is 1. The molecule has 1 saturated heterocycles. The molecule has 4 saturated carbocycles. The van der Waals surface area contributed by atoms with Gasteiger partial charge in [0, 0.05) is 16.9 Å². The van der Waals surface area contributed by atoms with E-state index in [1.54, 1.807) is 6.08 Å². The van der Waals surface area contributed by atoms with Gasteiger partial charge in [0.15, 0.2) is 6.29 Å². The van der Waals surface area contributed by atoms with E-state index in [0.717, 1.165) is 31.1 Å². The fraction of sp³-hybridized carbons (Fsp3) is 0.862. The van der Waals surface area contributed by atoms with Gasteiger partial charge in [0.05, 0.1) is 24.4 Å². The summed E-state index contributed by atoms with van der Waals surface area (Å²) in [5, 5.41) is 63.8. The highest BCUT2D eigenvalue weighted by Gasteiger charge is 2.69. The number of carbonyl (C=O) groups excluding carboxylic acids is 2. The van der Waals surface area contributed by atoms with Crippen molar-refractivity contribution in [3.05, 3.63) is 11.6 Å². The molecule has 0 aromatic heterocycles. The molecule has 6 rings (SSSR count). The van der Waals surface area contributed by atoms with Gasteiger partial charge in [0.1, 0.15) is 37.3 Å². The van der Waals surface area contributed by atoms with Crippen molar-refractivity contribution in [2.24, 2.45) is 34.5 Å². The molecule has 0 spiro atoms. The molecule has 11 nitrogen and oxygen atoms in total. The lowest BCUT2D eigenvalue weighted by Crippen LogP contribution is -2.65. The third kappa shape index (κ3) is 4.00. The number of hydrogen-bond acceptors (Lipinski definition) is 11. The van der Waals surface area contributed by atoms with Crippen LogP contribution in [0, 0.1) is 34.5 Å². The van der Waals surface area contributed by atoms with Gasteiger partial charge in [-0.15, -0.1) is 0 Å². The van der Waals surface area contributed by atoms with Crippen molar-refractivity contribution in [3.8, 4) is 0 Å². The first-order chi connectivity index (χ1) is 19.0. The van der Waals surface area contributed by atoms with Crippen LogP contribution in [0.15, 0.2) is 11.6 Å². The van der Waals surface area contributed by atoms with E-state index in [-0.39, 0.29) is 42.7 Å². The van der Waals surface area contributed by atoms with Crippen LogP contribution in [-0.4, -0.2) is 105 Å². The van der Waals surface area contributed by atoms with Crippen LogP contribution in [0.3, 0.4) is 0 Å². The average molecular weight is 567 g/mol. The molecular weight excluding hydrogens is 524 g/mol. The van der Waals surface area contributed by atoms with Gasteiger partial charge in [-0.1, -0.05) is 6.92 Å². The van der Waals surface area contributed by atoms with Gasteiger partial charge in [-0.2, -0.15) is 0 Å². The molecular formula is C29H42O11. The van der Waals surface area contributed by atoms with Gasteiger partial charge >= 0.3 is 5.97 Å². The van der Waals surface area contributed by atoms with Crippen molar-refractivity contribution in [2.75, 3.05) is 13.2 Å². The molecule has 5 fully saturated rings. The summed E-state index contributed by atoms with van der Waals surface area (Å²) in [4.78, 5) is 24.8. The SMILES string of the molecule is CC12CCC3C(CCC4CC(OC5OC(CO)C(O)C(O)C5O)C(O)CC43C=O)C1(O)CCC2C1=CC(=O)OC1. The molecule has 0 bridgehead atoms. The van der Waals surface area contributed by atoms with E-state index >= 15 is 0 Å². The number of aliphatic hydroxyl groups excluding tert-OH is 5. The van der Waals surface area contributed by atoms with E-state index in [1.807, 2.05) is 0 Å². The molecule has 0 aromatic rings. The van der Waals surface area contributed by atoms with Crippen LogP contribution < -0.4 is 0 Å². The second kappa shape index (κ2) is 10.1. The third-order valence-electron chi connectivity index (χ3n) is 11.9. The number of hydrogen-bond donors (Lipinski definition) is 6. The molecule has 0 radical (unpaired) electrons. The Morgan fingerprint density at radius 3 is 2.50 bits per heavy atom. The van der Waals surface area contributed by atoms with Crippen molar-refractivity contribution in [3.63, 3.8) is 0 Å². The van der Waals surface area contributed by atoms with Crippen LogP contribution in [0.5, 0.6) is 0 Å². The van der Waals surface area contributed by atoms with Gasteiger partial charge in [-0.05, 0) is 80.6 Å². The summed E-state index contributed by atoms with van der Waals surface area (Å²) in [6, 6.07) is 0. The van der Waals surface area contributed by atoms with E-state index in [9.17, 15) is 40.2 Å². The normalized spacial score (nSPS) is 54.1. The predicted molar refractivity (Wildman–Crippen MR) is 136 cm³/mol. The van der Waals surface area contributed by atoms with Gasteiger partial charge in [0.25, 0.3) is 0 Å². The van der Waals surface area contributed by atoms with Crippen molar-refractivity contribution >= 4 is 12.3 Å². The summed E-state index contributed by atoms with van der Waals surface area (Å²) < 4.78 is 16.6. The van der Waals surface area contributed by atoms with Gasteiger partial charge < -0.3 is 49.6 Å². The molecule has 4 aliphatic carbocycles. The summed E-state index contributed by atoms with van der Waals surface area (Å²) >= 11 is 0. The maximum Gasteiger partial charge on any atom is 0.331 e. The highest BCUT2D eigenvalue weighted by molar-refractivity contribution is 5.85. The Morgan fingerprint density at radius 1 is 1.05 bits per heavy atom. The number of fused-ring (bicyclic) bond motifs is 5. The lowest BCUT2D eigenvalue weighted by atomic mass is 9.43. The van der Waals surface area contributed by atoms with Crippen LogP contribution >= 0.6 is 0 Å². The van der Waals surface area contributed by atoms with Crippen molar-refractivity contribution in [1.29, 1.82) is 0 Å². The highest BCUT2D eigenvalue weighted by Crippen LogP contribution is 2.69. The Bertz CT molecular complexity index is 1050. The topological polar surface area (TPSA) is 183 Å². The minimum absolute atomic E-state index is 0.0445. The highest BCUT2D eigenvalue weighted by atomic mass is 16.7. The van der Waals surface area contributed by atoms with Crippen molar-refractivity contribution < 1.29 is 54.4 Å². The van der Waals surface area contributed by atoms with Gasteiger partial charge in [-0.3, -0.25) is 0 Å². The van der Waals surface area contributed by atoms with Crippen LogP contribution in [0.25, 0.3) is 0 Å². The first-order valence-electron chi connectivity index (χ1n) is 14.7. The summed E-state index contributed by atoms with van der Waals surface area (Å²) in [5.74, 6) is -0.633. The molecule has 11 heteroatoms. The van der Waals surface area contributed by atoms with Gasteiger partial charge in [-0.25, -0.2) is 4.79 Å². The largest absolute Gasteiger partial charge is 0.458 e. The minimum atomic E-state index is -1.58. The van der Waals surface area contributed by atoms with Crippen LogP contribution in [0.4, 0.5) is 0 Å². The molecule has 224 valence electrons.